The van der Waals surface area contributed by atoms with Crippen molar-refractivity contribution in [2.75, 3.05) is 0 Å². The van der Waals surface area contributed by atoms with Gasteiger partial charge in [-0.05, 0) is 143 Å². The molecule has 0 fully saturated rings. The van der Waals surface area contributed by atoms with Gasteiger partial charge in [0.2, 0.25) is 0 Å². The van der Waals surface area contributed by atoms with Crippen molar-refractivity contribution in [1.82, 2.24) is 44.9 Å². The van der Waals surface area contributed by atoms with Crippen LogP contribution in [0, 0.1) is 0 Å². The number of hydrogen-bond donors (Lipinski definition) is 0. The van der Waals surface area contributed by atoms with Crippen LogP contribution in [-0.2, 0) is 54.8 Å². The van der Waals surface area contributed by atoms with Gasteiger partial charge >= 0.3 is 0 Å². The highest BCUT2D eigenvalue weighted by atomic mass is 15.1. The Kier molecular flexibility index (Phi) is 30.7. The molecule has 0 amide bonds. The van der Waals surface area contributed by atoms with Crippen molar-refractivity contribution in [3.63, 3.8) is 0 Å². The molecule has 12 aromatic rings. The Hall–Kier alpha value is -9.99. The van der Waals surface area contributed by atoms with E-state index in [0.717, 1.165) is 124 Å². The lowest BCUT2D eigenvalue weighted by atomic mass is 9.86. The molecule has 0 spiro atoms. The lowest BCUT2D eigenvalue weighted by molar-refractivity contribution is 0.590. The normalized spacial score (nSPS) is 11.6. The maximum Gasteiger partial charge on any atom is 0.164 e. The predicted octanol–water partition coefficient (Wildman–Crippen LogP) is 27.7. The van der Waals surface area contributed by atoms with Gasteiger partial charge in [-0.2, -0.15) is 0 Å². The third-order valence-corrected chi connectivity index (χ3v) is 20.9. The fraction of sp³-hybridized carbons (Fsp3) is 0.382. The van der Waals surface area contributed by atoms with Crippen LogP contribution < -0.4 is 0 Å². The van der Waals surface area contributed by atoms with Crippen LogP contribution in [0.1, 0.15) is 250 Å². The van der Waals surface area contributed by atoms with E-state index in [2.05, 4.69) is 322 Å². The number of aromatic nitrogens is 9. The highest BCUT2D eigenvalue weighted by Gasteiger charge is 2.21. The van der Waals surface area contributed by atoms with Gasteiger partial charge in [0.1, 0.15) is 0 Å². The van der Waals surface area contributed by atoms with E-state index in [1.54, 1.807) is 0 Å². The molecule has 9 heteroatoms. The molecule has 9 aromatic carbocycles. The summed E-state index contributed by atoms with van der Waals surface area (Å²) in [5, 5.41) is 0. The molecule has 111 heavy (non-hydrogen) atoms. The third-order valence-electron chi connectivity index (χ3n) is 20.9. The van der Waals surface area contributed by atoms with Crippen LogP contribution in [0.2, 0.25) is 0 Å². The molecule has 0 saturated heterocycles. The Morgan fingerprint density at radius 2 is 0.288 bits per heavy atom. The molecule has 0 atom stereocenters. The predicted molar refractivity (Wildman–Crippen MR) is 470 cm³/mol. The molecule has 12 rings (SSSR count). The van der Waals surface area contributed by atoms with Gasteiger partial charge < -0.3 is 0 Å². The largest absolute Gasteiger partial charge is 0.208 e. The Morgan fingerprint density at radius 1 is 0.162 bits per heavy atom. The van der Waals surface area contributed by atoms with Gasteiger partial charge in [0.15, 0.2) is 52.4 Å². The molecule has 576 valence electrons. The highest BCUT2D eigenvalue weighted by molar-refractivity contribution is 5.71. The first-order chi connectivity index (χ1) is 53.6. The quantitative estimate of drug-likeness (QED) is 0.0406. The molecule has 9 nitrogen and oxygen atoms in total. The van der Waals surface area contributed by atoms with Crippen LogP contribution in [0.4, 0.5) is 0 Å². The van der Waals surface area contributed by atoms with Gasteiger partial charge in [-0.25, -0.2) is 44.9 Å². The van der Waals surface area contributed by atoms with Crippen LogP contribution in [0.15, 0.2) is 218 Å². The first kappa shape index (κ1) is 83.5. The average Bonchev–Trinajstić information content (AvgIpc) is 0.781. The van der Waals surface area contributed by atoms with Crippen molar-refractivity contribution in [2.45, 2.75) is 255 Å². The number of benzene rings is 9. The smallest absolute Gasteiger partial charge is 0.164 e. The Balaban J connectivity index is 0.000000177. The summed E-state index contributed by atoms with van der Waals surface area (Å²) in [5.74, 6) is 6.43. The maximum absolute atomic E-state index is 4.95. The molecular weight excluding hydrogens is 1350 g/mol. The molecule has 0 radical (unpaired) electrons. The molecule has 0 aliphatic heterocycles. The minimum absolute atomic E-state index is 0.0948. The SMILES string of the molecule is CC(C)(C)c1ccc(-c2nc(-c3ccc(C(C)(C)C)cc3)nc(-c3ccc(C(C)(C)C)cc3)n2)cc1.CCCCCc1ccc(-c2nc(-c3ccc(CCCCC)cc3)nc(-c3ccc(CCCCC)cc3)n2)cc1.CCCCc1ccc(-c2nc(-c3ccc(CCCC)cc3)nc(-c3ccc(CCCC)cc3)n2)cc1. The van der Waals surface area contributed by atoms with Crippen molar-refractivity contribution < 1.29 is 0 Å². The van der Waals surface area contributed by atoms with E-state index in [-0.39, 0.29) is 16.2 Å². The van der Waals surface area contributed by atoms with Crippen LogP contribution in [-0.4, -0.2) is 44.9 Å². The summed E-state index contributed by atoms with van der Waals surface area (Å²) in [5.41, 5.74) is 21.5. The number of hydrogen-bond acceptors (Lipinski definition) is 9. The minimum atomic E-state index is 0.0948. The second-order valence-electron chi connectivity index (χ2n) is 33.3. The molecular formula is C102H123N9. The van der Waals surface area contributed by atoms with Gasteiger partial charge in [0.25, 0.3) is 0 Å². The summed E-state index contributed by atoms with van der Waals surface area (Å²) in [6.07, 6.45) is 25.2. The molecule has 0 aliphatic rings. The zero-order chi connectivity index (χ0) is 78.8. The topological polar surface area (TPSA) is 116 Å². The number of unbranched alkanes of at least 4 members (excludes halogenated alkanes) is 9. The molecule has 0 bridgehead atoms. The van der Waals surface area contributed by atoms with Crippen LogP contribution in [0.5, 0.6) is 0 Å². The van der Waals surface area contributed by atoms with E-state index < -0.39 is 0 Å². The summed E-state index contributed by atoms with van der Waals surface area (Å²) >= 11 is 0. The van der Waals surface area contributed by atoms with Crippen molar-refractivity contribution in [1.29, 1.82) is 0 Å². The highest BCUT2D eigenvalue weighted by Crippen LogP contribution is 2.34. The van der Waals surface area contributed by atoms with E-state index in [4.69, 9.17) is 44.9 Å². The fourth-order valence-electron chi connectivity index (χ4n) is 13.5. The van der Waals surface area contributed by atoms with Gasteiger partial charge in [0.05, 0.1) is 0 Å². The molecule has 3 heterocycles. The average molecular weight is 1480 g/mol. The summed E-state index contributed by atoms with van der Waals surface area (Å²) in [7, 11) is 0. The van der Waals surface area contributed by atoms with Gasteiger partial charge in [-0.3, -0.25) is 0 Å². The first-order valence-electron chi connectivity index (χ1n) is 41.8. The Bertz CT molecular complexity index is 4250. The number of nitrogens with zero attached hydrogens (tertiary/aromatic N) is 9. The van der Waals surface area contributed by atoms with Crippen molar-refractivity contribution in [3.8, 4) is 102 Å². The zero-order valence-electron chi connectivity index (χ0n) is 69.7. The zero-order valence-corrected chi connectivity index (χ0v) is 69.7. The van der Waals surface area contributed by atoms with Crippen LogP contribution in [0.25, 0.3) is 102 Å². The molecule has 3 aromatic heterocycles. The fourth-order valence-corrected chi connectivity index (χ4v) is 13.5. The molecule has 0 unspecified atom stereocenters. The summed E-state index contributed by atoms with van der Waals surface area (Å²) in [4.78, 5) is 44.4. The lowest BCUT2D eigenvalue weighted by Gasteiger charge is -2.20. The summed E-state index contributed by atoms with van der Waals surface area (Å²) in [6, 6.07) is 78.3. The monoisotopic (exact) mass is 1470 g/mol. The Labute approximate surface area is 666 Å². The summed E-state index contributed by atoms with van der Waals surface area (Å²) < 4.78 is 0. The van der Waals surface area contributed by atoms with E-state index in [0.29, 0.717) is 17.5 Å². The van der Waals surface area contributed by atoms with E-state index >= 15 is 0 Å². The first-order valence-corrected chi connectivity index (χ1v) is 41.8. The standard InChI is InChI=1S/C36H45N3.2C33H39N3/c1-4-7-10-13-28-16-22-31(23-17-28)34-37-35(32-24-18-29(19-25-32)14-11-8-5-2)39-36(38-34)33-26-20-30(21-27-33)15-12-9-6-3;1-31(2,3)25-16-10-22(11-17-25)28-34-29(23-12-18-26(19-13-23)32(4,5)6)36-30(35-28)24-14-20-27(21-15-24)33(7,8)9;1-4-7-10-25-13-19-28(20-14-25)31-34-32(29-21-15-26(16-22-29)11-8-5-2)36-33(35-31)30-23-17-27(18-24-30)12-9-6-3/h16-27H,4-15H2,1-3H3;10-21H,1-9H3;13-24H,4-12H2,1-3H3. The Morgan fingerprint density at radius 3 is 0.414 bits per heavy atom. The molecule has 0 N–H and O–H groups in total. The van der Waals surface area contributed by atoms with Crippen LogP contribution in [0.3, 0.4) is 0 Å². The third kappa shape index (κ3) is 24.8. The lowest BCUT2D eigenvalue weighted by Crippen LogP contribution is -2.11. The van der Waals surface area contributed by atoms with Gasteiger partial charge in [-0.15, -0.1) is 0 Å². The van der Waals surface area contributed by atoms with Crippen molar-refractivity contribution >= 4 is 0 Å². The van der Waals surface area contributed by atoms with E-state index in [1.807, 2.05) is 0 Å². The summed E-state index contributed by atoms with van der Waals surface area (Å²) in [6.45, 7) is 33.5. The van der Waals surface area contributed by atoms with E-state index in [1.165, 1.54) is 146 Å². The molecule has 0 saturated carbocycles. The minimum Gasteiger partial charge on any atom is -0.208 e. The second kappa shape index (κ2) is 40.8. The van der Waals surface area contributed by atoms with Gasteiger partial charge in [0, 0.05) is 50.1 Å². The van der Waals surface area contributed by atoms with Crippen molar-refractivity contribution in [3.05, 3.63) is 268 Å². The number of rotatable bonds is 30. The van der Waals surface area contributed by atoms with Gasteiger partial charge in [-0.1, -0.05) is 380 Å². The number of aryl methyl sites for hydroxylation is 6. The van der Waals surface area contributed by atoms with E-state index in [9.17, 15) is 0 Å². The molecule has 0 aliphatic carbocycles. The second-order valence-corrected chi connectivity index (χ2v) is 33.3. The van der Waals surface area contributed by atoms with Crippen molar-refractivity contribution in [2.24, 2.45) is 0 Å². The van der Waals surface area contributed by atoms with Crippen LogP contribution >= 0.6 is 0 Å². The maximum atomic E-state index is 4.95.